The minimum absolute atomic E-state index is 0.00301. The molecule has 7 nitrogen and oxygen atoms in total. The Bertz CT molecular complexity index is 885. The van der Waals surface area contributed by atoms with E-state index in [-0.39, 0.29) is 29.8 Å². The van der Waals surface area contributed by atoms with Gasteiger partial charge in [0, 0.05) is 24.8 Å². The van der Waals surface area contributed by atoms with Gasteiger partial charge in [-0.3, -0.25) is 4.79 Å². The maximum absolute atomic E-state index is 12.9. The Kier molecular flexibility index (Phi) is 5.88. The summed E-state index contributed by atoms with van der Waals surface area (Å²) in [5, 5.41) is 14.6. The molecule has 3 amide bonds. The molecule has 3 rings (SSSR count). The van der Waals surface area contributed by atoms with Gasteiger partial charge in [0.05, 0.1) is 12.0 Å². The van der Waals surface area contributed by atoms with Crippen LogP contribution in [0.2, 0.25) is 0 Å². The number of nitrogens with zero attached hydrogens (tertiary/aromatic N) is 1. The van der Waals surface area contributed by atoms with Gasteiger partial charge in [0.2, 0.25) is 5.91 Å². The molecule has 1 heterocycles. The molecule has 8 heteroatoms. The lowest BCUT2D eigenvalue weighted by Crippen LogP contribution is -2.41. The van der Waals surface area contributed by atoms with Crippen molar-refractivity contribution >= 4 is 23.6 Å². The van der Waals surface area contributed by atoms with Crippen LogP contribution in [-0.4, -0.2) is 47.0 Å². The molecule has 0 aromatic heterocycles. The Morgan fingerprint density at radius 2 is 1.82 bits per heavy atom. The number of amides is 3. The highest BCUT2D eigenvalue weighted by molar-refractivity contribution is 5.92. The van der Waals surface area contributed by atoms with E-state index in [1.54, 1.807) is 23.1 Å². The summed E-state index contributed by atoms with van der Waals surface area (Å²) in [7, 11) is 0. The number of hydrogen-bond donors (Lipinski definition) is 3. The van der Waals surface area contributed by atoms with E-state index in [2.05, 4.69) is 10.6 Å². The van der Waals surface area contributed by atoms with Crippen molar-refractivity contribution in [2.45, 2.75) is 18.9 Å². The molecule has 1 aliphatic rings. The number of nitrogens with one attached hydrogen (secondary N) is 2. The molecule has 1 saturated heterocycles. The summed E-state index contributed by atoms with van der Waals surface area (Å²) in [5.74, 6) is -1.64. The van der Waals surface area contributed by atoms with Crippen LogP contribution in [0.4, 0.5) is 14.9 Å². The summed E-state index contributed by atoms with van der Waals surface area (Å²) in [4.78, 5) is 37.4. The molecule has 2 aromatic rings. The van der Waals surface area contributed by atoms with E-state index in [9.17, 15) is 23.9 Å². The van der Waals surface area contributed by atoms with E-state index in [0.717, 1.165) is 0 Å². The lowest BCUT2D eigenvalue weighted by Gasteiger charge is -2.18. The molecular weight excluding hydrogens is 365 g/mol. The molecule has 2 aromatic carbocycles. The maximum atomic E-state index is 12.9. The van der Waals surface area contributed by atoms with Gasteiger partial charge in [0.25, 0.3) is 0 Å². The van der Waals surface area contributed by atoms with E-state index >= 15 is 0 Å². The van der Waals surface area contributed by atoms with Crippen LogP contribution in [0.25, 0.3) is 0 Å². The Balaban J connectivity index is 1.52. The highest BCUT2D eigenvalue weighted by Gasteiger charge is 2.28. The third-order valence-corrected chi connectivity index (χ3v) is 4.57. The number of carboxylic acids is 1. The summed E-state index contributed by atoms with van der Waals surface area (Å²) in [6.45, 7) is 0.834. The minimum atomic E-state index is -1.07. The number of aromatic carboxylic acids is 1. The highest BCUT2D eigenvalue weighted by Crippen LogP contribution is 2.15. The molecule has 0 aliphatic carbocycles. The summed E-state index contributed by atoms with van der Waals surface area (Å²) in [6.07, 6.45) is 0.597. The van der Waals surface area contributed by atoms with Crippen molar-refractivity contribution < 1.29 is 23.9 Å². The predicted molar refractivity (Wildman–Crippen MR) is 101 cm³/mol. The van der Waals surface area contributed by atoms with Crippen LogP contribution in [0.15, 0.2) is 48.5 Å². The summed E-state index contributed by atoms with van der Waals surface area (Å²) in [6, 6.07) is 11.2. The zero-order valence-corrected chi connectivity index (χ0v) is 15.0. The van der Waals surface area contributed by atoms with Crippen molar-refractivity contribution in [3.8, 4) is 0 Å². The Labute approximate surface area is 161 Å². The molecule has 146 valence electrons. The average molecular weight is 385 g/mol. The van der Waals surface area contributed by atoms with Crippen LogP contribution in [0.5, 0.6) is 0 Å². The zero-order chi connectivity index (χ0) is 20.1. The Morgan fingerprint density at radius 3 is 2.54 bits per heavy atom. The molecule has 1 atom stereocenters. The fraction of sp³-hybridized carbons (Fsp3) is 0.250. The van der Waals surface area contributed by atoms with E-state index in [1.807, 2.05) is 0 Å². The molecule has 0 radical (unpaired) electrons. The summed E-state index contributed by atoms with van der Waals surface area (Å²) in [5.41, 5.74) is 1.05. The number of carboxylic acid groups (broad SMARTS) is 1. The number of anilines is 1. The third kappa shape index (κ3) is 4.85. The van der Waals surface area contributed by atoms with Crippen LogP contribution in [0, 0.1) is 5.82 Å². The number of likely N-dealkylation sites (tertiary alicyclic amines) is 1. The van der Waals surface area contributed by atoms with Crippen molar-refractivity contribution in [3.63, 3.8) is 0 Å². The first-order valence-electron chi connectivity index (χ1n) is 8.84. The van der Waals surface area contributed by atoms with Crippen molar-refractivity contribution in [2.24, 2.45) is 0 Å². The van der Waals surface area contributed by atoms with Crippen molar-refractivity contribution in [3.05, 3.63) is 65.5 Å². The number of benzene rings is 2. The van der Waals surface area contributed by atoms with Crippen LogP contribution >= 0.6 is 0 Å². The molecule has 0 bridgehead atoms. The van der Waals surface area contributed by atoms with Crippen LogP contribution in [-0.2, 0) is 11.2 Å². The highest BCUT2D eigenvalue weighted by atomic mass is 19.1. The van der Waals surface area contributed by atoms with Crippen LogP contribution < -0.4 is 10.6 Å². The molecule has 1 aliphatic heterocycles. The molecule has 3 N–H and O–H groups in total. The SMILES string of the molecule is O=C(Nc1ccc(F)cc1)NC1CCN(C(=O)Cc2ccccc2C(=O)O)C1. The fourth-order valence-corrected chi connectivity index (χ4v) is 3.15. The first kappa shape index (κ1) is 19.3. The smallest absolute Gasteiger partial charge is 0.335 e. The van der Waals surface area contributed by atoms with Gasteiger partial charge in [-0.25, -0.2) is 14.0 Å². The molecule has 1 unspecified atom stereocenters. The quantitative estimate of drug-likeness (QED) is 0.736. The zero-order valence-electron chi connectivity index (χ0n) is 15.0. The summed E-state index contributed by atoms with van der Waals surface area (Å²) >= 11 is 0. The van der Waals surface area contributed by atoms with Gasteiger partial charge in [0.1, 0.15) is 5.82 Å². The average Bonchev–Trinajstić information content (AvgIpc) is 3.12. The Hall–Kier alpha value is -3.42. The molecular formula is C20H20FN3O4. The number of urea groups is 1. The van der Waals surface area contributed by atoms with Gasteiger partial charge in [-0.15, -0.1) is 0 Å². The standard InChI is InChI=1S/C20H20FN3O4/c21-14-5-7-15(8-6-14)22-20(28)23-16-9-10-24(12-16)18(25)11-13-3-1-2-4-17(13)19(26)27/h1-8,16H,9-12H2,(H,26,27)(H2,22,23,28). The van der Waals surface area contributed by atoms with Gasteiger partial charge in [-0.05, 0) is 42.3 Å². The first-order chi connectivity index (χ1) is 13.4. The second-order valence-electron chi connectivity index (χ2n) is 6.57. The topological polar surface area (TPSA) is 98.7 Å². The second-order valence-corrected chi connectivity index (χ2v) is 6.57. The minimum Gasteiger partial charge on any atom is -0.478 e. The number of rotatable bonds is 5. The normalized spacial score (nSPS) is 15.9. The van der Waals surface area contributed by atoms with Gasteiger partial charge in [0.15, 0.2) is 0 Å². The van der Waals surface area contributed by atoms with Crippen LogP contribution in [0.3, 0.4) is 0 Å². The van der Waals surface area contributed by atoms with E-state index < -0.39 is 12.0 Å². The van der Waals surface area contributed by atoms with Gasteiger partial charge < -0.3 is 20.6 Å². The number of hydrogen-bond acceptors (Lipinski definition) is 3. The van der Waals surface area contributed by atoms with Crippen molar-refractivity contribution in [1.82, 2.24) is 10.2 Å². The van der Waals surface area contributed by atoms with E-state index in [4.69, 9.17) is 0 Å². The molecule has 1 fully saturated rings. The van der Waals surface area contributed by atoms with Gasteiger partial charge in [-0.1, -0.05) is 18.2 Å². The number of carbonyl (C=O) groups excluding carboxylic acids is 2. The third-order valence-electron chi connectivity index (χ3n) is 4.57. The monoisotopic (exact) mass is 385 g/mol. The number of carbonyl (C=O) groups is 3. The Morgan fingerprint density at radius 1 is 1.11 bits per heavy atom. The van der Waals surface area contributed by atoms with E-state index in [0.29, 0.717) is 30.8 Å². The first-order valence-corrected chi connectivity index (χ1v) is 8.84. The second kappa shape index (κ2) is 8.51. The maximum Gasteiger partial charge on any atom is 0.335 e. The predicted octanol–water partition coefficient (Wildman–Crippen LogP) is 2.49. The lowest BCUT2D eigenvalue weighted by atomic mass is 10.0. The number of halogens is 1. The molecule has 0 saturated carbocycles. The van der Waals surface area contributed by atoms with Gasteiger partial charge in [-0.2, -0.15) is 0 Å². The van der Waals surface area contributed by atoms with Crippen LogP contribution in [0.1, 0.15) is 22.3 Å². The van der Waals surface area contributed by atoms with Crippen molar-refractivity contribution in [1.29, 1.82) is 0 Å². The van der Waals surface area contributed by atoms with Crippen molar-refractivity contribution in [2.75, 3.05) is 18.4 Å². The molecule has 0 spiro atoms. The summed E-state index contributed by atoms with van der Waals surface area (Å²) < 4.78 is 12.9. The molecule has 28 heavy (non-hydrogen) atoms. The largest absolute Gasteiger partial charge is 0.478 e. The fourth-order valence-electron chi connectivity index (χ4n) is 3.15. The van der Waals surface area contributed by atoms with E-state index in [1.165, 1.54) is 30.3 Å². The lowest BCUT2D eigenvalue weighted by molar-refractivity contribution is -0.129. The van der Waals surface area contributed by atoms with Gasteiger partial charge >= 0.3 is 12.0 Å².